The van der Waals surface area contributed by atoms with Crippen molar-refractivity contribution in [2.24, 2.45) is 0 Å². The van der Waals surface area contributed by atoms with E-state index in [2.05, 4.69) is 37.9 Å². The Kier molecular flexibility index (Phi) is 4.42. The van der Waals surface area contributed by atoms with Gasteiger partial charge in [-0.1, -0.05) is 12.1 Å². The van der Waals surface area contributed by atoms with E-state index in [1.807, 2.05) is 72.1 Å². The van der Waals surface area contributed by atoms with Crippen molar-refractivity contribution in [1.82, 2.24) is 14.4 Å². The lowest BCUT2D eigenvalue weighted by molar-refractivity contribution is 0.102. The second-order valence-corrected chi connectivity index (χ2v) is 7.12. The summed E-state index contributed by atoms with van der Waals surface area (Å²) in [6, 6.07) is 17.0. The van der Waals surface area contributed by atoms with Crippen LogP contribution in [0.4, 0.5) is 5.69 Å². The number of aryl methyl sites for hydroxylation is 1. The third-order valence-electron chi connectivity index (χ3n) is 4.14. The largest absolute Gasteiger partial charge is 0.322 e. The van der Waals surface area contributed by atoms with Gasteiger partial charge < -0.3 is 5.32 Å². The van der Waals surface area contributed by atoms with Crippen LogP contribution in [0.5, 0.6) is 0 Å². The van der Waals surface area contributed by atoms with E-state index in [-0.39, 0.29) is 5.91 Å². The van der Waals surface area contributed by atoms with Crippen molar-refractivity contribution in [2.45, 2.75) is 6.92 Å². The van der Waals surface area contributed by atoms with Gasteiger partial charge in [0.2, 0.25) is 5.78 Å². The Labute approximate surface area is 164 Å². The zero-order valence-corrected chi connectivity index (χ0v) is 16.1. The highest BCUT2D eigenvalue weighted by atomic mass is 127. The summed E-state index contributed by atoms with van der Waals surface area (Å²) in [6.45, 7) is 2.01. The number of aromatic nitrogens is 3. The minimum atomic E-state index is -0.132. The maximum Gasteiger partial charge on any atom is 0.255 e. The summed E-state index contributed by atoms with van der Waals surface area (Å²) in [6.07, 6.45) is 3.67. The minimum absolute atomic E-state index is 0.132. The van der Waals surface area contributed by atoms with Crippen molar-refractivity contribution < 1.29 is 4.79 Å². The molecule has 2 aromatic carbocycles. The molecule has 0 bridgehead atoms. The zero-order chi connectivity index (χ0) is 18.1. The monoisotopic (exact) mass is 454 g/mol. The summed E-state index contributed by atoms with van der Waals surface area (Å²) < 4.78 is 3.05. The van der Waals surface area contributed by atoms with Crippen LogP contribution in [0, 0.1) is 10.5 Å². The van der Waals surface area contributed by atoms with Crippen LogP contribution in [-0.4, -0.2) is 20.3 Å². The number of fused-ring (bicyclic) bond motifs is 1. The van der Waals surface area contributed by atoms with Crippen LogP contribution in [0.1, 0.15) is 16.1 Å². The molecule has 128 valence electrons. The van der Waals surface area contributed by atoms with Gasteiger partial charge in [-0.25, -0.2) is 9.97 Å². The van der Waals surface area contributed by atoms with E-state index in [1.165, 1.54) is 0 Å². The molecule has 0 spiro atoms. The Morgan fingerprint density at radius 3 is 2.69 bits per heavy atom. The first-order chi connectivity index (χ1) is 12.6. The quantitative estimate of drug-likeness (QED) is 0.462. The number of hydrogen-bond donors (Lipinski definition) is 1. The molecule has 0 unspecified atom stereocenters. The predicted octanol–water partition coefficient (Wildman–Crippen LogP) is 4.56. The second kappa shape index (κ2) is 6.87. The van der Waals surface area contributed by atoms with Crippen LogP contribution in [0.25, 0.3) is 17.0 Å². The molecule has 0 aliphatic rings. The van der Waals surface area contributed by atoms with Gasteiger partial charge in [0.25, 0.3) is 5.91 Å². The number of nitrogens with zero attached hydrogens (tertiary/aromatic N) is 3. The number of imidazole rings is 1. The summed E-state index contributed by atoms with van der Waals surface area (Å²) in [4.78, 5) is 21.3. The summed E-state index contributed by atoms with van der Waals surface area (Å²) in [5, 5.41) is 2.95. The maximum atomic E-state index is 12.4. The molecule has 0 radical (unpaired) electrons. The van der Waals surface area contributed by atoms with E-state index >= 15 is 0 Å². The molecule has 0 aliphatic carbocycles. The van der Waals surface area contributed by atoms with Gasteiger partial charge in [0, 0.05) is 38.5 Å². The number of nitrogens with one attached hydrogen (secondary N) is 1. The molecule has 2 aromatic heterocycles. The zero-order valence-electron chi connectivity index (χ0n) is 14.0. The molecule has 0 aliphatic heterocycles. The van der Waals surface area contributed by atoms with Gasteiger partial charge in [-0.3, -0.25) is 9.20 Å². The molecule has 1 N–H and O–H groups in total. The van der Waals surface area contributed by atoms with Crippen LogP contribution in [0.15, 0.2) is 67.0 Å². The summed E-state index contributed by atoms with van der Waals surface area (Å²) in [5.41, 5.74) is 4.16. The first-order valence-corrected chi connectivity index (χ1v) is 9.17. The number of anilines is 1. The Balaban J connectivity index is 1.65. The number of carbonyl (C=O) groups excluding carboxylic acids is 1. The molecule has 5 nitrogen and oxygen atoms in total. The Hall–Kier alpha value is -2.74. The van der Waals surface area contributed by atoms with Crippen molar-refractivity contribution in [3.63, 3.8) is 0 Å². The topological polar surface area (TPSA) is 59.3 Å². The van der Waals surface area contributed by atoms with Crippen molar-refractivity contribution in [2.75, 3.05) is 5.32 Å². The van der Waals surface area contributed by atoms with E-state index in [0.717, 1.165) is 26.2 Å². The lowest BCUT2D eigenvalue weighted by Crippen LogP contribution is -2.11. The van der Waals surface area contributed by atoms with Crippen molar-refractivity contribution in [1.29, 1.82) is 0 Å². The van der Waals surface area contributed by atoms with E-state index in [9.17, 15) is 4.79 Å². The number of rotatable bonds is 3. The molecular weight excluding hydrogens is 439 g/mol. The highest BCUT2D eigenvalue weighted by Crippen LogP contribution is 2.25. The fourth-order valence-electron chi connectivity index (χ4n) is 2.82. The number of hydrogen-bond acceptors (Lipinski definition) is 3. The third kappa shape index (κ3) is 3.20. The molecular formula is C20H15IN4O. The minimum Gasteiger partial charge on any atom is -0.322 e. The lowest BCUT2D eigenvalue weighted by Gasteiger charge is -2.07. The first-order valence-electron chi connectivity index (χ1n) is 8.09. The fraction of sp³-hybridized carbons (Fsp3) is 0.0500. The van der Waals surface area contributed by atoms with Gasteiger partial charge in [0.1, 0.15) is 0 Å². The Morgan fingerprint density at radius 2 is 1.92 bits per heavy atom. The van der Waals surface area contributed by atoms with Gasteiger partial charge in [0.05, 0.1) is 5.69 Å². The smallest absolute Gasteiger partial charge is 0.255 e. The van der Waals surface area contributed by atoms with Gasteiger partial charge >= 0.3 is 0 Å². The van der Waals surface area contributed by atoms with Crippen LogP contribution in [0.3, 0.4) is 0 Å². The summed E-state index contributed by atoms with van der Waals surface area (Å²) in [5.74, 6) is 0.528. The predicted molar refractivity (Wildman–Crippen MR) is 110 cm³/mol. The van der Waals surface area contributed by atoms with Gasteiger partial charge in [-0.05, 0) is 72.0 Å². The van der Waals surface area contributed by atoms with Gasteiger partial charge in [0.15, 0.2) is 0 Å². The molecule has 4 rings (SSSR count). The molecule has 26 heavy (non-hydrogen) atoms. The Bertz CT molecular complexity index is 1100. The third-order valence-corrected chi connectivity index (χ3v) is 4.86. The normalized spacial score (nSPS) is 10.8. The van der Waals surface area contributed by atoms with Crippen molar-refractivity contribution >= 4 is 40.0 Å². The number of halogens is 1. The van der Waals surface area contributed by atoms with Crippen LogP contribution < -0.4 is 5.32 Å². The van der Waals surface area contributed by atoms with Crippen LogP contribution in [-0.2, 0) is 0 Å². The molecule has 0 saturated carbocycles. The number of amides is 1. The fourth-order valence-corrected chi connectivity index (χ4v) is 3.18. The van der Waals surface area contributed by atoms with E-state index in [4.69, 9.17) is 0 Å². The van der Waals surface area contributed by atoms with Crippen molar-refractivity contribution in [3.05, 3.63) is 81.8 Å². The molecule has 0 saturated heterocycles. The van der Waals surface area contributed by atoms with E-state index in [1.54, 1.807) is 6.20 Å². The first kappa shape index (κ1) is 16.7. The van der Waals surface area contributed by atoms with E-state index in [0.29, 0.717) is 11.3 Å². The van der Waals surface area contributed by atoms with Gasteiger partial charge in [-0.15, -0.1) is 0 Å². The van der Waals surface area contributed by atoms with Crippen LogP contribution in [0.2, 0.25) is 0 Å². The summed E-state index contributed by atoms with van der Waals surface area (Å²) in [7, 11) is 0. The molecule has 0 fully saturated rings. The maximum absolute atomic E-state index is 12.4. The van der Waals surface area contributed by atoms with Gasteiger partial charge in [-0.2, -0.15) is 0 Å². The molecule has 4 aromatic rings. The summed E-state index contributed by atoms with van der Waals surface area (Å²) >= 11 is 2.22. The lowest BCUT2D eigenvalue weighted by atomic mass is 10.1. The van der Waals surface area contributed by atoms with Crippen LogP contribution >= 0.6 is 22.6 Å². The molecule has 2 heterocycles. The van der Waals surface area contributed by atoms with E-state index < -0.39 is 0 Å². The highest BCUT2D eigenvalue weighted by Gasteiger charge is 2.12. The number of benzene rings is 2. The van der Waals surface area contributed by atoms with Crippen molar-refractivity contribution in [3.8, 4) is 11.3 Å². The Morgan fingerprint density at radius 1 is 1.12 bits per heavy atom. The highest BCUT2D eigenvalue weighted by molar-refractivity contribution is 14.1. The SMILES string of the molecule is Cc1c(-c2cccc(NC(=O)c3ccc(I)cc3)c2)nc2ncccn12. The number of carbonyl (C=O) groups is 1. The molecule has 0 atom stereocenters. The second-order valence-electron chi connectivity index (χ2n) is 5.88. The average molecular weight is 454 g/mol. The molecule has 1 amide bonds. The average Bonchev–Trinajstić information content (AvgIpc) is 3.00. The molecule has 6 heteroatoms. The standard InChI is InChI=1S/C20H15IN4O/c1-13-18(24-20-22-10-3-11-25(13)20)15-4-2-5-17(12-15)23-19(26)14-6-8-16(21)9-7-14/h2-12H,1H3,(H,23,26).